The molecule has 0 atom stereocenters. The highest BCUT2D eigenvalue weighted by molar-refractivity contribution is 5.55. The van der Waals surface area contributed by atoms with Gasteiger partial charge in [-0.15, -0.1) is 4.91 Å². The lowest BCUT2D eigenvalue weighted by atomic mass is 9.89. The van der Waals surface area contributed by atoms with Gasteiger partial charge < -0.3 is 5.73 Å². The summed E-state index contributed by atoms with van der Waals surface area (Å²) in [5, 5.41) is 2.74. The first kappa shape index (κ1) is 15.5. The number of nitrogen functional groups attached to an aromatic ring is 1. The summed E-state index contributed by atoms with van der Waals surface area (Å²) in [6, 6.07) is 0. The summed E-state index contributed by atoms with van der Waals surface area (Å²) in [6.45, 7) is 2.59. The van der Waals surface area contributed by atoms with Crippen LogP contribution in [0, 0.1) is 10.8 Å². The first-order valence-electron chi connectivity index (χ1n) is 7.56. The van der Waals surface area contributed by atoms with Gasteiger partial charge in [0.25, 0.3) is 5.56 Å². The van der Waals surface area contributed by atoms with Gasteiger partial charge in [-0.05, 0) is 30.4 Å². The van der Waals surface area contributed by atoms with E-state index in [1.165, 1.54) is 11.0 Å². The van der Waals surface area contributed by atoms with Crippen LogP contribution in [0.4, 0.5) is 11.5 Å². The second kappa shape index (κ2) is 6.69. The molecule has 0 aliphatic heterocycles. The second-order valence-corrected chi connectivity index (χ2v) is 5.68. The number of anilines is 1. The van der Waals surface area contributed by atoms with E-state index in [-0.39, 0.29) is 18.1 Å². The van der Waals surface area contributed by atoms with Crippen molar-refractivity contribution in [3.63, 3.8) is 0 Å². The highest BCUT2D eigenvalue weighted by Crippen LogP contribution is 2.26. The van der Waals surface area contributed by atoms with E-state index in [0.29, 0.717) is 18.9 Å². The third-order valence-corrected chi connectivity index (χ3v) is 4.15. The Morgan fingerprint density at radius 2 is 1.86 bits per heavy atom. The second-order valence-electron chi connectivity index (χ2n) is 5.68. The largest absolute Gasteiger partial charge is 0.383 e. The van der Waals surface area contributed by atoms with Crippen LogP contribution in [0.25, 0.3) is 0 Å². The molecule has 0 radical (unpaired) electrons. The van der Waals surface area contributed by atoms with E-state index in [9.17, 15) is 14.5 Å². The van der Waals surface area contributed by atoms with Gasteiger partial charge in [-0.25, -0.2) is 4.79 Å². The summed E-state index contributed by atoms with van der Waals surface area (Å²) in [7, 11) is 0. The number of nitrogens with two attached hydrogens (primary N) is 1. The zero-order valence-corrected chi connectivity index (χ0v) is 12.4. The lowest BCUT2D eigenvalue weighted by Crippen LogP contribution is -2.42. The van der Waals surface area contributed by atoms with Gasteiger partial charge in [-0.3, -0.25) is 13.9 Å². The van der Waals surface area contributed by atoms with E-state index in [1.807, 2.05) is 6.92 Å². The highest BCUT2D eigenvalue weighted by Gasteiger charge is 2.21. The van der Waals surface area contributed by atoms with E-state index in [4.69, 9.17) is 5.73 Å². The van der Waals surface area contributed by atoms with Crippen LogP contribution in [0.2, 0.25) is 0 Å². The lowest BCUT2D eigenvalue weighted by Gasteiger charge is -2.23. The molecule has 2 N–H and O–H groups in total. The molecule has 1 aliphatic carbocycles. The Hall–Kier alpha value is -1.92. The number of rotatable bonds is 5. The van der Waals surface area contributed by atoms with Crippen LogP contribution < -0.4 is 17.0 Å². The zero-order valence-electron chi connectivity index (χ0n) is 12.4. The van der Waals surface area contributed by atoms with Crippen molar-refractivity contribution in [2.75, 3.05) is 5.73 Å². The zero-order chi connectivity index (χ0) is 15.4. The molecule has 0 spiro atoms. The van der Waals surface area contributed by atoms with E-state index >= 15 is 0 Å². The maximum absolute atomic E-state index is 12.4. The Balaban J connectivity index is 2.48. The minimum Gasteiger partial charge on any atom is -0.383 e. The van der Waals surface area contributed by atoms with Crippen molar-refractivity contribution >= 4 is 11.5 Å². The van der Waals surface area contributed by atoms with Gasteiger partial charge in [0.15, 0.2) is 0 Å². The molecule has 1 fully saturated rings. The Morgan fingerprint density at radius 3 is 2.43 bits per heavy atom. The smallest absolute Gasteiger partial charge is 0.332 e. The molecular weight excluding hydrogens is 272 g/mol. The lowest BCUT2D eigenvalue weighted by molar-refractivity contribution is 0.313. The minimum absolute atomic E-state index is 0.0991. The number of hydrogen-bond donors (Lipinski definition) is 1. The predicted molar refractivity (Wildman–Crippen MR) is 81.7 cm³/mol. The molecule has 0 saturated heterocycles. The summed E-state index contributed by atoms with van der Waals surface area (Å²) in [4.78, 5) is 35.4. The average molecular weight is 294 g/mol. The first-order valence-corrected chi connectivity index (χ1v) is 7.56. The maximum atomic E-state index is 12.4. The third kappa shape index (κ3) is 3.06. The normalized spacial score (nSPS) is 16.0. The maximum Gasteiger partial charge on any atom is 0.332 e. The van der Waals surface area contributed by atoms with Crippen LogP contribution in [0.1, 0.15) is 45.4 Å². The fraction of sp³-hybridized carbons (Fsp3) is 0.714. The van der Waals surface area contributed by atoms with Crippen LogP contribution in [0.3, 0.4) is 0 Å². The summed E-state index contributed by atoms with van der Waals surface area (Å²) in [6.07, 6.45) is 6.23. The van der Waals surface area contributed by atoms with Crippen molar-refractivity contribution in [2.24, 2.45) is 11.1 Å². The molecular formula is C14H22N4O3. The van der Waals surface area contributed by atoms with Crippen LogP contribution in [-0.4, -0.2) is 9.13 Å². The number of hydrogen-bond acceptors (Lipinski definition) is 5. The van der Waals surface area contributed by atoms with E-state index in [2.05, 4.69) is 5.18 Å². The van der Waals surface area contributed by atoms with E-state index in [0.717, 1.165) is 30.3 Å². The summed E-state index contributed by atoms with van der Waals surface area (Å²) >= 11 is 0. The number of nitroso groups, excluding NO2 is 1. The molecule has 1 aliphatic rings. The van der Waals surface area contributed by atoms with Gasteiger partial charge in [0.1, 0.15) is 5.82 Å². The Kier molecular flexibility index (Phi) is 4.93. The van der Waals surface area contributed by atoms with E-state index < -0.39 is 11.2 Å². The molecule has 1 aromatic heterocycles. The van der Waals surface area contributed by atoms with E-state index in [1.54, 1.807) is 0 Å². The fourth-order valence-electron chi connectivity index (χ4n) is 3.01. The third-order valence-electron chi connectivity index (χ3n) is 4.15. The van der Waals surface area contributed by atoms with Gasteiger partial charge in [-0.1, -0.05) is 26.2 Å². The molecule has 116 valence electrons. The highest BCUT2D eigenvalue weighted by atomic mass is 16.3. The van der Waals surface area contributed by atoms with Gasteiger partial charge >= 0.3 is 5.69 Å². The summed E-state index contributed by atoms with van der Waals surface area (Å²) in [5.41, 5.74) is 4.37. The number of nitrogens with zero attached hydrogens (tertiary/aromatic N) is 3. The van der Waals surface area contributed by atoms with Crippen molar-refractivity contribution in [3.05, 3.63) is 25.7 Å². The summed E-state index contributed by atoms with van der Waals surface area (Å²) in [5.74, 6) is 0.267. The molecule has 0 aromatic carbocycles. The molecule has 1 aromatic rings. The van der Waals surface area contributed by atoms with Crippen LogP contribution >= 0.6 is 0 Å². The van der Waals surface area contributed by atoms with Gasteiger partial charge in [0.2, 0.25) is 5.69 Å². The summed E-state index contributed by atoms with van der Waals surface area (Å²) < 4.78 is 2.42. The molecule has 1 saturated carbocycles. The van der Waals surface area contributed by atoms with Crippen molar-refractivity contribution in [1.82, 2.24) is 9.13 Å². The standard InChI is InChI=1S/C14H22N4O3/c1-2-8-17-13(19)11(16-21)12(15)18(14(17)20)9-10-6-4-3-5-7-10/h10H,2-9,15H2,1H3. The topological polar surface area (TPSA) is 99.4 Å². The van der Waals surface area contributed by atoms with Gasteiger partial charge in [0, 0.05) is 13.1 Å². The Bertz CT molecular complexity index is 626. The van der Waals surface area contributed by atoms with Crippen LogP contribution in [0.15, 0.2) is 14.8 Å². The molecule has 0 unspecified atom stereocenters. The van der Waals surface area contributed by atoms with Crippen molar-refractivity contribution < 1.29 is 0 Å². The quantitative estimate of drug-likeness (QED) is 0.839. The van der Waals surface area contributed by atoms with Crippen molar-refractivity contribution in [1.29, 1.82) is 0 Å². The van der Waals surface area contributed by atoms with Gasteiger partial charge in [0.05, 0.1) is 0 Å². The molecule has 1 heterocycles. The fourth-order valence-corrected chi connectivity index (χ4v) is 3.01. The monoisotopic (exact) mass is 294 g/mol. The molecule has 0 bridgehead atoms. The molecule has 21 heavy (non-hydrogen) atoms. The molecule has 7 heteroatoms. The first-order chi connectivity index (χ1) is 10.1. The minimum atomic E-state index is -0.686. The van der Waals surface area contributed by atoms with Crippen molar-refractivity contribution in [3.8, 4) is 0 Å². The predicted octanol–water partition coefficient (Wildman–Crippen LogP) is 1.98. The average Bonchev–Trinajstić information content (AvgIpc) is 2.50. The van der Waals surface area contributed by atoms with Crippen LogP contribution in [0.5, 0.6) is 0 Å². The van der Waals surface area contributed by atoms with Gasteiger partial charge in [-0.2, -0.15) is 0 Å². The SMILES string of the molecule is CCCn1c(=O)c(N=O)c(N)n(CC2CCCCC2)c1=O. The van der Waals surface area contributed by atoms with Crippen LogP contribution in [-0.2, 0) is 13.1 Å². The molecule has 2 rings (SSSR count). The molecule has 0 amide bonds. The Labute approximate surface area is 122 Å². The number of aromatic nitrogens is 2. The van der Waals surface area contributed by atoms with Crippen molar-refractivity contribution in [2.45, 2.75) is 58.5 Å². The Morgan fingerprint density at radius 1 is 1.19 bits per heavy atom. The molecule has 7 nitrogen and oxygen atoms in total.